The number of carbonyl (C=O) groups excluding carboxylic acids is 1. The van der Waals surface area contributed by atoms with E-state index in [2.05, 4.69) is 10.3 Å². The van der Waals surface area contributed by atoms with E-state index in [1.807, 2.05) is 25.1 Å². The average Bonchev–Trinajstić information content (AvgIpc) is 2.53. The topological polar surface area (TPSA) is 79.3 Å². The molecule has 106 valence electrons. The van der Waals surface area contributed by atoms with Gasteiger partial charge in [0.1, 0.15) is 0 Å². The van der Waals surface area contributed by atoms with Crippen LogP contribution in [0.5, 0.6) is 0 Å². The van der Waals surface area contributed by atoms with Crippen LogP contribution in [0.3, 0.4) is 0 Å². The highest BCUT2D eigenvalue weighted by Crippen LogP contribution is 2.09. The Labute approximate surface area is 122 Å². The molecule has 0 saturated heterocycles. The predicted molar refractivity (Wildman–Crippen MR) is 78.8 cm³/mol. The third-order valence-electron chi connectivity index (χ3n) is 2.86. The van der Waals surface area contributed by atoms with Gasteiger partial charge in [0, 0.05) is 18.0 Å². The first kappa shape index (κ1) is 14.5. The van der Waals surface area contributed by atoms with Crippen molar-refractivity contribution in [3.8, 4) is 0 Å². The van der Waals surface area contributed by atoms with Crippen LogP contribution >= 0.6 is 0 Å². The number of hydrogen-bond acceptors (Lipinski definition) is 3. The Morgan fingerprint density at radius 3 is 2.57 bits per heavy atom. The summed E-state index contributed by atoms with van der Waals surface area (Å²) in [4.78, 5) is 27.0. The summed E-state index contributed by atoms with van der Waals surface area (Å²) in [7, 11) is 0. The number of benzene rings is 1. The van der Waals surface area contributed by atoms with Gasteiger partial charge in [-0.2, -0.15) is 0 Å². The molecule has 0 atom stereocenters. The highest BCUT2D eigenvalue weighted by Gasteiger charge is 2.08. The number of aromatic carboxylic acids is 1. The van der Waals surface area contributed by atoms with Crippen LogP contribution in [0, 0.1) is 0 Å². The molecule has 1 amide bonds. The molecule has 0 aliphatic carbocycles. The number of aromatic nitrogens is 1. The van der Waals surface area contributed by atoms with E-state index in [4.69, 9.17) is 5.11 Å². The van der Waals surface area contributed by atoms with Crippen LogP contribution in [0.1, 0.15) is 33.3 Å². The van der Waals surface area contributed by atoms with Crippen LogP contribution in [-0.2, 0) is 0 Å². The minimum atomic E-state index is -1.06. The van der Waals surface area contributed by atoms with Crippen molar-refractivity contribution in [1.29, 1.82) is 0 Å². The molecule has 0 saturated carbocycles. The Morgan fingerprint density at radius 1 is 1.14 bits per heavy atom. The lowest BCUT2D eigenvalue weighted by atomic mass is 10.1. The fourth-order valence-electron chi connectivity index (χ4n) is 1.72. The molecule has 0 spiro atoms. The summed E-state index contributed by atoms with van der Waals surface area (Å²) >= 11 is 0. The number of rotatable bonds is 4. The summed E-state index contributed by atoms with van der Waals surface area (Å²) in [6.07, 6.45) is 3.23. The van der Waals surface area contributed by atoms with Crippen molar-refractivity contribution in [3.63, 3.8) is 0 Å². The maximum Gasteiger partial charge on any atom is 0.335 e. The highest BCUT2D eigenvalue weighted by atomic mass is 16.4. The molecule has 1 aromatic heterocycles. The molecule has 1 aromatic carbocycles. The highest BCUT2D eigenvalue weighted by molar-refractivity contribution is 5.98. The Bertz CT molecular complexity index is 694. The lowest BCUT2D eigenvalue weighted by molar-refractivity contribution is 0.0697. The van der Waals surface area contributed by atoms with E-state index >= 15 is 0 Å². The summed E-state index contributed by atoms with van der Waals surface area (Å²) in [5.41, 5.74) is 1.93. The predicted octanol–water partition coefficient (Wildman–Crippen LogP) is 2.57. The fraction of sp³-hybridized carbons (Fsp3) is 0.0625. The molecular formula is C16H14N2O3. The zero-order valence-electron chi connectivity index (χ0n) is 11.4. The summed E-state index contributed by atoms with van der Waals surface area (Å²) in [6.45, 7) is 1.83. The van der Waals surface area contributed by atoms with Gasteiger partial charge in [0.2, 0.25) is 0 Å². The van der Waals surface area contributed by atoms with Crippen molar-refractivity contribution >= 4 is 17.4 Å². The SMILES string of the molecule is C/C(=C\NC(=O)c1cccc(C(=O)O)c1)c1ccccn1. The molecule has 2 rings (SSSR count). The van der Waals surface area contributed by atoms with Crippen molar-refractivity contribution in [2.75, 3.05) is 0 Å². The van der Waals surface area contributed by atoms with Crippen LogP contribution in [0.2, 0.25) is 0 Å². The monoisotopic (exact) mass is 282 g/mol. The zero-order chi connectivity index (χ0) is 15.2. The minimum absolute atomic E-state index is 0.0769. The van der Waals surface area contributed by atoms with Gasteiger partial charge in [0.05, 0.1) is 11.3 Å². The first-order valence-corrected chi connectivity index (χ1v) is 6.30. The quantitative estimate of drug-likeness (QED) is 0.903. The Kier molecular flexibility index (Phi) is 4.46. The Morgan fingerprint density at radius 2 is 1.90 bits per heavy atom. The van der Waals surface area contributed by atoms with Gasteiger partial charge >= 0.3 is 5.97 Å². The van der Waals surface area contributed by atoms with Gasteiger partial charge in [-0.1, -0.05) is 12.1 Å². The van der Waals surface area contributed by atoms with E-state index in [0.717, 1.165) is 11.3 Å². The number of pyridine rings is 1. The molecule has 5 heteroatoms. The summed E-state index contributed by atoms with van der Waals surface area (Å²) in [5, 5.41) is 11.5. The molecule has 0 fully saturated rings. The lowest BCUT2D eigenvalue weighted by Crippen LogP contribution is -2.18. The van der Waals surface area contributed by atoms with Gasteiger partial charge in [0.15, 0.2) is 0 Å². The normalized spacial score (nSPS) is 11.0. The second-order valence-corrected chi connectivity index (χ2v) is 4.40. The number of nitrogens with zero attached hydrogens (tertiary/aromatic N) is 1. The molecule has 0 aliphatic heterocycles. The van der Waals surface area contributed by atoms with Gasteiger partial charge in [-0.3, -0.25) is 9.78 Å². The van der Waals surface area contributed by atoms with E-state index < -0.39 is 5.97 Å². The Balaban J connectivity index is 2.12. The number of carboxylic acids is 1. The Hall–Kier alpha value is -2.95. The van der Waals surface area contributed by atoms with Crippen LogP contribution < -0.4 is 5.32 Å². The lowest BCUT2D eigenvalue weighted by Gasteiger charge is -2.04. The summed E-state index contributed by atoms with van der Waals surface area (Å²) in [5.74, 6) is -1.43. The molecule has 21 heavy (non-hydrogen) atoms. The number of carbonyl (C=O) groups is 2. The van der Waals surface area contributed by atoms with Crippen molar-refractivity contribution in [2.45, 2.75) is 6.92 Å². The van der Waals surface area contributed by atoms with E-state index in [1.165, 1.54) is 18.2 Å². The molecule has 0 bridgehead atoms. The van der Waals surface area contributed by atoms with Crippen LogP contribution in [0.25, 0.3) is 5.57 Å². The van der Waals surface area contributed by atoms with E-state index in [9.17, 15) is 9.59 Å². The minimum Gasteiger partial charge on any atom is -0.478 e. The van der Waals surface area contributed by atoms with Crippen molar-refractivity contribution in [1.82, 2.24) is 10.3 Å². The maximum atomic E-state index is 12.0. The van der Waals surface area contributed by atoms with Gasteiger partial charge in [-0.25, -0.2) is 4.79 Å². The second kappa shape index (κ2) is 6.47. The van der Waals surface area contributed by atoms with Gasteiger partial charge in [-0.05, 0) is 42.8 Å². The zero-order valence-corrected chi connectivity index (χ0v) is 11.4. The van der Waals surface area contributed by atoms with E-state index in [0.29, 0.717) is 5.56 Å². The number of amides is 1. The van der Waals surface area contributed by atoms with E-state index in [-0.39, 0.29) is 11.5 Å². The molecule has 2 aromatic rings. The van der Waals surface area contributed by atoms with Crippen LogP contribution in [-0.4, -0.2) is 22.0 Å². The summed E-state index contributed by atoms with van der Waals surface area (Å²) in [6, 6.07) is 11.4. The third-order valence-corrected chi connectivity index (χ3v) is 2.86. The summed E-state index contributed by atoms with van der Waals surface area (Å²) < 4.78 is 0. The molecule has 5 nitrogen and oxygen atoms in total. The first-order valence-electron chi connectivity index (χ1n) is 6.30. The molecule has 0 radical (unpaired) electrons. The third kappa shape index (κ3) is 3.76. The molecule has 0 aliphatic rings. The number of nitrogens with one attached hydrogen (secondary N) is 1. The molecule has 1 heterocycles. The van der Waals surface area contributed by atoms with Gasteiger partial charge < -0.3 is 10.4 Å². The van der Waals surface area contributed by atoms with Crippen LogP contribution in [0.4, 0.5) is 0 Å². The molecule has 2 N–H and O–H groups in total. The second-order valence-electron chi connectivity index (χ2n) is 4.40. The molecule has 0 unspecified atom stereocenters. The van der Waals surface area contributed by atoms with Crippen molar-refractivity contribution in [3.05, 3.63) is 71.7 Å². The van der Waals surface area contributed by atoms with Crippen molar-refractivity contribution < 1.29 is 14.7 Å². The maximum absolute atomic E-state index is 12.0. The van der Waals surface area contributed by atoms with Crippen molar-refractivity contribution in [2.24, 2.45) is 0 Å². The smallest absolute Gasteiger partial charge is 0.335 e. The van der Waals surface area contributed by atoms with Gasteiger partial charge in [-0.15, -0.1) is 0 Å². The fourth-order valence-corrected chi connectivity index (χ4v) is 1.72. The largest absolute Gasteiger partial charge is 0.478 e. The molecular weight excluding hydrogens is 268 g/mol. The number of allylic oxidation sites excluding steroid dienone is 1. The number of hydrogen-bond donors (Lipinski definition) is 2. The van der Waals surface area contributed by atoms with Gasteiger partial charge in [0.25, 0.3) is 5.91 Å². The first-order chi connectivity index (χ1) is 10.1. The van der Waals surface area contributed by atoms with E-state index in [1.54, 1.807) is 18.5 Å². The number of carboxylic acid groups (broad SMARTS) is 1. The average molecular weight is 282 g/mol. The van der Waals surface area contributed by atoms with Crippen LogP contribution in [0.15, 0.2) is 54.9 Å². The standard InChI is InChI=1S/C16H14N2O3/c1-11(14-7-2-3-8-17-14)10-18-15(19)12-5-4-6-13(9-12)16(20)21/h2-10H,1H3,(H,18,19)(H,20,21)/b11-10+.